The Kier molecular flexibility index (Phi) is 3.07. The summed E-state index contributed by atoms with van der Waals surface area (Å²) in [6.45, 7) is 6.26. The van der Waals surface area contributed by atoms with E-state index in [0.29, 0.717) is 6.61 Å². The first-order valence-corrected chi connectivity index (χ1v) is 7.39. The number of nitrogens with one attached hydrogen (secondary N) is 1. The third-order valence-electron chi connectivity index (χ3n) is 4.08. The lowest BCUT2D eigenvalue weighted by molar-refractivity contribution is 0.276. The predicted octanol–water partition coefficient (Wildman–Crippen LogP) is 3.57. The van der Waals surface area contributed by atoms with E-state index in [1.54, 1.807) is 6.33 Å². The van der Waals surface area contributed by atoms with Crippen LogP contribution >= 0.6 is 0 Å². The minimum absolute atomic E-state index is 0.693. The highest BCUT2D eigenvalue weighted by atomic mass is 16.5. The molecule has 0 atom stereocenters. The Morgan fingerprint density at radius 1 is 1.18 bits per heavy atom. The van der Waals surface area contributed by atoms with Crippen molar-refractivity contribution in [3.63, 3.8) is 0 Å². The van der Waals surface area contributed by atoms with Crippen molar-refractivity contribution in [2.24, 2.45) is 0 Å². The van der Waals surface area contributed by atoms with Crippen LogP contribution in [0.15, 0.2) is 55.5 Å². The molecule has 4 nitrogen and oxygen atoms in total. The van der Waals surface area contributed by atoms with Crippen LogP contribution in [-0.2, 0) is 6.54 Å². The van der Waals surface area contributed by atoms with Gasteiger partial charge in [-0.25, -0.2) is 4.98 Å². The number of fused-ring (bicyclic) bond motifs is 2. The maximum Gasteiger partial charge on any atom is 0.124 e. The van der Waals surface area contributed by atoms with Gasteiger partial charge in [0.15, 0.2) is 0 Å². The fraction of sp³-hybridized carbons (Fsp3) is 0.167. The lowest BCUT2D eigenvalue weighted by Crippen LogP contribution is -2.19. The number of aromatic amines is 1. The highest BCUT2D eigenvalue weighted by Gasteiger charge is 2.14. The van der Waals surface area contributed by atoms with Crippen molar-refractivity contribution >= 4 is 11.0 Å². The fourth-order valence-electron chi connectivity index (χ4n) is 2.87. The van der Waals surface area contributed by atoms with Gasteiger partial charge in [0.1, 0.15) is 12.4 Å². The summed E-state index contributed by atoms with van der Waals surface area (Å²) in [6.07, 6.45) is 3.60. The lowest BCUT2D eigenvalue weighted by Gasteiger charge is -2.16. The number of nitrogens with zero attached hydrogens (tertiary/aromatic N) is 2. The summed E-state index contributed by atoms with van der Waals surface area (Å²) in [5.74, 6) is 0.968. The first-order valence-electron chi connectivity index (χ1n) is 7.39. The van der Waals surface area contributed by atoms with Gasteiger partial charge in [-0.1, -0.05) is 18.7 Å². The maximum atomic E-state index is 5.82. The zero-order valence-corrected chi connectivity index (χ0v) is 12.2. The van der Waals surface area contributed by atoms with Gasteiger partial charge < -0.3 is 14.6 Å². The average molecular weight is 291 g/mol. The van der Waals surface area contributed by atoms with Crippen LogP contribution in [0.4, 0.5) is 0 Å². The summed E-state index contributed by atoms with van der Waals surface area (Å²) in [6, 6.07) is 12.7. The van der Waals surface area contributed by atoms with Crippen LogP contribution in [0.2, 0.25) is 0 Å². The molecule has 4 rings (SSSR count). The van der Waals surface area contributed by atoms with E-state index in [2.05, 4.69) is 51.8 Å². The van der Waals surface area contributed by atoms with E-state index in [0.717, 1.165) is 29.9 Å². The van der Waals surface area contributed by atoms with Gasteiger partial charge in [0, 0.05) is 12.1 Å². The number of hydrogen-bond donors (Lipinski definition) is 1. The average Bonchev–Trinajstić information content (AvgIpc) is 2.92. The molecule has 1 N–H and O–H groups in total. The highest BCUT2D eigenvalue weighted by Crippen LogP contribution is 2.30. The fourth-order valence-corrected chi connectivity index (χ4v) is 2.87. The molecular weight excluding hydrogens is 274 g/mol. The highest BCUT2D eigenvalue weighted by molar-refractivity contribution is 5.81. The molecule has 2 aromatic carbocycles. The van der Waals surface area contributed by atoms with Gasteiger partial charge in [0.2, 0.25) is 0 Å². The maximum absolute atomic E-state index is 5.82. The van der Waals surface area contributed by atoms with E-state index in [1.807, 2.05) is 12.3 Å². The standard InChI is InChI=1S/C18H17N3O/c1-2-21-7-8-22-18-6-4-13(9-15(18)11-21)14-3-5-16-17(10-14)20-12-19-16/h2-6,9-10,12H,1,7-8,11H2,(H,19,20). The van der Waals surface area contributed by atoms with Crippen molar-refractivity contribution in [1.29, 1.82) is 0 Å². The Labute approximate surface area is 129 Å². The summed E-state index contributed by atoms with van der Waals surface area (Å²) < 4.78 is 5.82. The van der Waals surface area contributed by atoms with Crippen molar-refractivity contribution in [3.8, 4) is 16.9 Å². The number of H-pyrrole nitrogens is 1. The number of ether oxygens (including phenoxy) is 1. The molecule has 110 valence electrons. The van der Waals surface area contributed by atoms with Crippen molar-refractivity contribution in [2.75, 3.05) is 13.2 Å². The molecule has 0 unspecified atom stereocenters. The molecule has 4 heteroatoms. The topological polar surface area (TPSA) is 41.1 Å². The first-order chi connectivity index (χ1) is 10.8. The molecule has 1 aliphatic heterocycles. The van der Waals surface area contributed by atoms with Crippen molar-refractivity contribution in [3.05, 3.63) is 61.1 Å². The van der Waals surface area contributed by atoms with E-state index in [4.69, 9.17) is 4.74 Å². The third-order valence-corrected chi connectivity index (χ3v) is 4.08. The number of aromatic nitrogens is 2. The van der Waals surface area contributed by atoms with Crippen LogP contribution in [-0.4, -0.2) is 28.0 Å². The van der Waals surface area contributed by atoms with E-state index < -0.39 is 0 Å². The molecule has 0 aliphatic carbocycles. The smallest absolute Gasteiger partial charge is 0.124 e. The Balaban J connectivity index is 1.76. The molecule has 0 bridgehead atoms. The van der Waals surface area contributed by atoms with E-state index >= 15 is 0 Å². The zero-order valence-electron chi connectivity index (χ0n) is 12.2. The van der Waals surface area contributed by atoms with Gasteiger partial charge in [-0.15, -0.1) is 0 Å². The summed E-state index contributed by atoms with van der Waals surface area (Å²) >= 11 is 0. The van der Waals surface area contributed by atoms with Crippen LogP contribution in [0.1, 0.15) is 5.56 Å². The summed E-state index contributed by atoms with van der Waals surface area (Å²) in [4.78, 5) is 9.60. The largest absolute Gasteiger partial charge is 0.491 e. The second kappa shape index (κ2) is 5.22. The Bertz CT molecular complexity index is 837. The van der Waals surface area contributed by atoms with Gasteiger partial charge >= 0.3 is 0 Å². The van der Waals surface area contributed by atoms with Gasteiger partial charge in [0.05, 0.1) is 23.9 Å². The lowest BCUT2D eigenvalue weighted by atomic mass is 10.0. The third kappa shape index (κ3) is 2.22. The Hall–Kier alpha value is -2.75. The Morgan fingerprint density at radius 2 is 2.05 bits per heavy atom. The molecule has 1 aromatic heterocycles. The van der Waals surface area contributed by atoms with Gasteiger partial charge in [-0.2, -0.15) is 0 Å². The van der Waals surface area contributed by atoms with Gasteiger partial charge in [-0.3, -0.25) is 0 Å². The Morgan fingerprint density at radius 3 is 2.95 bits per heavy atom. The number of rotatable bonds is 2. The molecule has 0 fully saturated rings. The predicted molar refractivity (Wildman–Crippen MR) is 87.6 cm³/mol. The van der Waals surface area contributed by atoms with Crippen molar-refractivity contribution < 1.29 is 4.74 Å². The molecule has 3 aromatic rings. The number of imidazole rings is 1. The van der Waals surface area contributed by atoms with Gasteiger partial charge in [-0.05, 0) is 41.6 Å². The molecule has 0 radical (unpaired) electrons. The van der Waals surface area contributed by atoms with E-state index in [1.165, 1.54) is 16.7 Å². The quantitative estimate of drug-likeness (QED) is 0.785. The van der Waals surface area contributed by atoms with Crippen molar-refractivity contribution in [1.82, 2.24) is 14.9 Å². The van der Waals surface area contributed by atoms with E-state index in [9.17, 15) is 0 Å². The van der Waals surface area contributed by atoms with Crippen molar-refractivity contribution in [2.45, 2.75) is 6.54 Å². The molecule has 0 spiro atoms. The number of hydrogen-bond acceptors (Lipinski definition) is 3. The van der Waals surface area contributed by atoms with Crippen LogP contribution in [0.25, 0.3) is 22.2 Å². The summed E-state index contributed by atoms with van der Waals surface area (Å²) in [5, 5.41) is 0. The van der Waals surface area contributed by atoms with Crippen LogP contribution in [0, 0.1) is 0 Å². The molecular formula is C18H17N3O. The normalized spacial score (nSPS) is 14.3. The second-order valence-electron chi connectivity index (χ2n) is 5.46. The van der Waals surface area contributed by atoms with E-state index in [-0.39, 0.29) is 0 Å². The minimum Gasteiger partial charge on any atom is -0.491 e. The second-order valence-corrected chi connectivity index (χ2v) is 5.46. The molecule has 0 amide bonds. The molecule has 0 saturated carbocycles. The first kappa shape index (κ1) is 13.0. The summed E-state index contributed by atoms with van der Waals surface area (Å²) in [7, 11) is 0. The molecule has 22 heavy (non-hydrogen) atoms. The van der Waals surface area contributed by atoms with Crippen LogP contribution < -0.4 is 4.74 Å². The number of benzene rings is 2. The minimum atomic E-state index is 0.693. The SMILES string of the molecule is C=CN1CCOc2ccc(-c3ccc4nc[nH]c4c3)cc2C1. The molecule has 1 aliphatic rings. The van der Waals surface area contributed by atoms with Crippen LogP contribution in [0.3, 0.4) is 0 Å². The monoisotopic (exact) mass is 291 g/mol. The summed E-state index contributed by atoms with van der Waals surface area (Å²) in [5.41, 5.74) is 5.59. The van der Waals surface area contributed by atoms with Gasteiger partial charge in [0.25, 0.3) is 0 Å². The molecule has 0 saturated heterocycles. The van der Waals surface area contributed by atoms with Crippen LogP contribution in [0.5, 0.6) is 5.75 Å². The zero-order chi connectivity index (χ0) is 14.9. The molecule has 2 heterocycles.